The largest absolute Gasteiger partial charge is 0.404 e. The second-order valence-electron chi connectivity index (χ2n) is 7.76. The van der Waals surface area contributed by atoms with Gasteiger partial charge in [0.25, 0.3) is 5.56 Å². The molecule has 6 nitrogen and oxygen atoms in total. The van der Waals surface area contributed by atoms with Crippen LogP contribution in [0.5, 0.6) is 0 Å². The maximum absolute atomic E-state index is 12.9. The van der Waals surface area contributed by atoms with Crippen molar-refractivity contribution in [3.8, 4) is 0 Å². The number of hydrogen-bond acceptors (Lipinski definition) is 5. The topological polar surface area (TPSA) is 69.9 Å². The predicted molar refractivity (Wildman–Crippen MR) is 124 cm³/mol. The molecule has 0 atom stereocenters. The Bertz CT molecular complexity index is 1460. The lowest BCUT2D eigenvalue weighted by molar-refractivity contribution is 0.0978. The van der Waals surface area contributed by atoms with E-state index in [1.54, 1.807) is 6.07 Å². The maximum atomic E-state index is 12.9. The van der Waals surface area contributed by atoms with Gasteiger partial charge in [0.05, 0.1) is 11.2 Å². The lowest BCUT2D eigenvalue weighted by atomic mass is 10.0. The van der Waals surface area contributed by atoms with Crippen LogP contribution in [0.25, 0.3) is 21.9 Å². The number of benzene rings is 2. The van der Waals surface area contributed by atoms with Crippen LogP contribution in [0, 0.1) is 6.92 Å². The first-order valence-electron chi connectivity index (χ1n) is 10.6. The van der Waals surface area contributed by atoms with Crippen molar-refractivity contribution < 1.29 is 4.84 Å². The lowest BCUT2D eigenvalue weighted by Crippen LogP contribution is -2.28. The van der Waals surface area contributed by atoms with E-state index in [1.807, 2.05) is 61.7 Å². The van der Waals surface area contributed by atoms with E-state index in [4.69, 9.17) is 4.84 Å². The molecule has 5 aromatic rings. The summed E-state index contributed by atoms with van der Waals surface area (Å²) in [4.78, 5) is 32.1. The third-order valence-corrected chi connectivity index (χ3v) is 5.56. The molecule has 0 radical (unpaired) electrons. The minimum absolute atomic E-state index is 0.238. The number of hydrogen-bond donors (Lipinski definition) is 0. The van der Waals surface area contributed by atoms with E-state index in [2.05, 4.69) is 27.1 Å². The van der Waals surface area contributed by atoms with Crippen LogP contribution in [0.15, 0.2) is 84.0 Å². The molecule has 3 aromatic heterocycles. The average molecular weight is 422 g/mol. The van der Waals surface area contributed by atoms with Gasteiger partial charge < -0.3 is 4.84 Å². The van der Waals surface area contributed by atoms with Crippen LogP contribution in [-0.2, 0) is 19.4 Å². The highest BCUT2D eigenvalue weighted by Crippen LogP contribution is 2.20. The van der Waals surface area contributed by atoms with Crippen molar-refractivity contribution in [1.29, 1.82) is 0 Å². The molecule has 32 heavy (non-hydrogen) atoms. The SMILES string of the molecule is Cc1ncnc2c1c(CCc1cnc3ccccc3c1)cc(=O)n2OCc1ccccc1. The highest BCUT2D eigenvalue weighted by Gasteiger charge is 2.14. The van der Waals surface area contributed by atoms with Crippen molar-refractivity contribution in [2.45, 2.75) is 26.4 Å². The molecule has 0 saturated heterocycles. The molecule has 2 aromatic carbocycles. The Labute approximate surface area is 185 Å². The summed E-state index contributed by atoms with van der Waals surface area (Å²) in [6, 6.07) is 21.6. The van der Waals surface area contributed by atoms with Gasteiger partial charge in [-0.05, 0) is 48.6 Å². The number of aryl methyl sites for hydroxylation is 3. The average Bonchev–Trinajstić information content (AvgIpc) is 2.82. The van der Waals surface area contributed by atoms with Gasteiger partial charge in [-0.2, -0.15) is 0 Å². The molecule has 0 saturated carbocycles. The number of para-hydroxylation sites is 1. The van der Waals surface area contributed by atoms with Gasteiger partial charge in [0, 0.05) is 23.0 Å². The zero-order valence-corrected chi connectivity index (χ0v) is 17.7. The quantitative estimate of drug-likeness (QED) is 0.413. The molecular weight excluding hydrogens is 400 g/mol. The normalized spacial score (nSPS) is 11.2. The van der Waals surface area contributed by atoms with E-state index in [1.165, 1.54) is 11.1 Å². The van der Waals surface area contributed by atoms with E-state index in [9.17, 15) is 4.79 Å². The van der Waals surface area contributed by atoms with Crippen LogP contribution in [-0.4, -0.2) is 19.7 Å². The van der Waals surface area contributed by atoms with Gasteiger partial charge in [-0.15, -0.1) is 4.73 Å². The number of fused-ring (bicyclic) bond motifs is 2. The summed E-state index contributed by atoms with van der Waals surface area (Å²) in [6.07, 6.45) is 4.81. The predicted octanol–water partition coefficient (Wildman–Crippen LogP) is 4.06. The molecule has 0 bridgehead atoms. The standard InChI is InChI=1S/C26H22N4O2/c1-18-25-22(12-11-20-13-21-9-5-6-10-23(21)27-15-20)14-24(31)30(26(25)29-17-28-18)32-16-19-7-3-2-4-8-19/h2-10,13-15,17H,11-12,16H2,1H3. The van der Waals surface area contributed by atoms with E-state index in [-0.39, 0.29) is 12.2 Å². The molecule has 3 heterocycles. The summed E-state index contributed by atoms with van der Waals surface area (Å²) in [5.41, 5.74) is 5.06. The first-order valence-corrected chi connectivity index (χ1v) is 10.6. The molecule has 0 N–H and O–H groups in total. The van der Waals surface area contributed by atoms with E-state index < -0.39 is 0 Å². The molecule has 0 spiro atoms. The number of aromatic nitrogens is 4. The van der Waals surface area contributed by atoms with Gasteiger partial charge in [0.1, 0.15) is 12.9 Å². The Balaban J connectivity index is 1.47. The van der Waals surface area contributed by atoms with E-state index >= 15 is 0 Å². The van der Waals surface area contributed by atoms with Gasteiger partial charge in [-0.25, -0.2) is 9.97 Å². The van der Waals surface area contributed by atoms with Crippen molar-refractivity contribution in [3.63, 3.8) is 0 Å². The molecule has 0 aliphatic rings. The Morgan fingerprint density at radius 3 is 2.56 bits per heavy atom. The maximum Gasteiger partial charge on any atom is 0.285 e. The highest BCUT2D eigenvalue weighted by atomic mass is 16.7. The van der Waals surface area contributed by atoms with Crippen LogP contribution >= 0.6 is 0 Å². The zero-order chi connectivity index (χ0) is 21.9. The minimum Gasteiger partial charge on any atom is -0.404 e. The molecule has 0 unspecified atom stereocenters. The second kappa shape index (κ2) is 8.59. The van der Waals surface area contributed by atoms with Crippen LogP contribution in [0.3, 0.4) is 0 Å². The van der Waals surface area contributed by atoms with Crippen molar-refractivity contribution in [2.24, 2.45) is 0 Å². The summed E-state index contributed by atoms with van der Waals surface area (Å²) in [5.74, 6) is 0. The minimum atomic E-state index is -0.238. The molecule has 0 fully saturated rings. The Kier molecular flexibility index (Phi) is 5.34. The molecule has 0 amide bonds. The van der Waals surface area contributed by atoms with Gasteiger partial charge in [-0.1, -0.05) is 48.5 Å². The highest BCUT2D eigenvalue weighted by molar-refractivity contribution is 5.81. The molecule has 5 rings (SSSR count). The monoisotopic (exact) mass is 422 g/mol. The first kappa shape index (κ1) is 19.9. The lowest BCUT2D eigenvalue weighted by Gasteiger charge is -2.14. The fourth-order valence-electron chi connectivity index (χ4n) is 3.94. The third kappa shape index (κ3) is 3.95. The fraction of sp³-hybridized carbons (Fsp3) is 0.154. The van der Waals surface area contributed by atoms with Crippen molar-refractivity contribution >= 4 is 21.9 Å². The summed E-state index contributed by atoms with van der Waals surface area (Å²) < 4.78 is 1.28. The third-order valence-electron chi connectivity index (χ3n) is 5.56. The van der Waals surface area contributed by atoms with Gasteiger partial charge in [-0.3, -0.25) is 9.78 Å². The summed E-state index contributed by atoms with van der Waals surface area (Å²) >= 11 is 0. The molecule has 0 aliphatic carbocycles. The molecular formula is C26H22N4O2. The Hall–Kier alpha value is -4.06. The van der Waals surface area contributed by atoms with Crippen LogP contribution in [0.1, 0.15) is 22.4 Å². The summed E-state index contributed by atoms with van der Waals surface area (Å²) in [6.45, 7) is 2.21. The smallest absolute Gasteiger partial charge is 0.285 e. The number of nitrogens with zero attached hydrogens (tertiary/aromatic N) is 4. The van der Waals surface area contributed by atoms with Gasteiger partial charge >= 0.3 is 0 Å². The molecule has 158 valence electrons. The first-order chi connectivity index (χ1) is 15.7. The Morgan fingerprint density at radius 1 is 0.875 bits per heavy atom. The molecule has 0 aliphatic heterocycles. The Morgan fingerprint density at radius 2 is 1.69 bits per heavy atom. The number of pyridine rings is 2. The summed E-state index contributed by atoms with van der Waals surface area (Å²) in [7, 11) is 0. The van der Waals surface area contributed by atoms with Gasteiger partial charge in [0.15, 0.2) is 5.65 Å². The van der Waals surface area contributed by atoms with E-state index in [0.717, 1.165) is 45.1 Å². The van der Waals surface area contributed by atoms with Crippen LogP contribution in [0.4, 0.5) is 0 Å². The second-order valence-corrected chi connectivity index (χ2v) is 7.76. The number of rotatable bonds is 6. The van der Waals surface area contributed by atoms with Crippen LogP contribution in [0.2, 0.25) is 0 Å². The van der Waals surface area contributed by atoms with Crippen LogP contribution < -0.4 is 10.4 Å². The van der Waals surface area contributed by atoms with Gasteiger partial charge in [0.2, 0.25) is 0 Å². The fourth-order valence-corrected chi connectivity index (χ4v) is 3.94. The van der Waals surface area contributed by atoms with Crippen molar-refractivity contribution in [1.82, 2.24) is 19.7 Å². The van der Waals surface area contributed by atoms with Crippen molar-refractivity contribution in [3.05, 3.63) is 112 Å². The zero-order valence-electron chi connectivity index (χ0n) is 17.7. The summed E-state index contributed by atoms with van der Waals surface area (Å²) in [5, 5.41) is 1.97. The molecule has 6 heteroatoms. The van der Waals surface area contributed by atoms with E-state index in [0.29, 0.717) is 12.1 Å². The van der Waals surface area contributed by atoms with Crippen molar-refractivity contribution in [2.75, 3.05) is 0 Å².